The van der Waals surface area contributed by atoms with Crippen LogP contribution in [0.15, 0.2) is 30.3 Å². The van der Waals surface area contributed by atoms with Crippen LogP contribution in [-0.4, -0.2) is 27.6 Å². The predicted octanol–water partition coefficient (Wildman–Crippen LogP) is 4.57. The van der Waals surface area contributed by atoms with Gasteiger partial charge in [0.1, 0.15) is 12.4 Å². The molecule has 0 spiro atoms. The van der Waals surface area contributed by atoms with Crippen molar-refractivity contribution in [2.75, 3.05) is 6.54 Å². The summed E-state index contributed by atoms with van der Waals surface area (Å²) in [5, 5.41) is 7.71. The number of nitrogens with zero attached hydrogens (tertiary/aromatic N) is 2. The van der Waals surface area contributed by atoms with Gasteiger partial charge >= 0.3 is 0 Å². The Bertz CT molecular complexity index is 1090. The van der Waals surface area contributed by atoms with Gasteiger partial charge in [0.05, 0.1) is 21.8 Å². The molecule has 0 saturated heterocycles. The number of rotatable bonds is 8. The van der Waals surface area contributed by atoms with E-state index >= 15 is 0 Å². The van der Waals surface area contributed by atoms with Gasteiger partial charge in [-0.1, -0.05) is 31.0 Å². The number of hydrogen-bond donors (Lipinski definition) is 2. The number of hydrogen-bond acceptors (Lipinski definition) is 4. The maximum atomic E-state index is 14.1. The first-order valence-electron chi connectivity index (χ1n) is 10.3. The molecule has 3 rings (SSSR count). The van der Waals surface area contributed by atoms with Crippen LogP contribution in [0.3, 0.4) is 0 Å². The molecule has 2 aromatic heterocycles. The zero-order valence-corrected chi connectivity index (χ0v) is 19.0. The van der Waals surface area contributed by atoms with Crippen LogP contribution in [0.5, 0.6) is 5.88 Å². The molecule has 166 valence electrons. The molecular weight excluding hydrogens is 419 g/mol. The highest BCUT2D eigenvalue weighted by Crippen LogP contribution is 2.26. The highest BCUT2D eigenvalue weighted by atomic mass is 35.5. The first-order chi connectivity index (χ1) is 14.6. The van der Waals surface area contributed by atoms with Gasteiger partial charge in [0.25, 0.3) is 5.91 Å². The lowest BCUT2D eigenvalue weighted by Gasteiger charge is -2.24. The molecule has 6 nitrogen and oxygen atoms in total. The number of nitrogens with two attached hydrogens (primary N) is 1. The summed E-state index contributed by atoms with van der Waals surface area (Å²) in [6.07, 6.45) is 1.74. The van der Waals surface area contributed by atoms with Gasteiger partial charge in [0.15, 0.2) is 0 Å². The Morgan fingerprint density at radius 2 is 2.10 bits per heavy atom. The monoisotopic (exact) mass is 446 g/mol. The third-order valence-electron chi connectivity index (χ3n) is 5.15. The minimum Gasteiger partial charge on any atom is -0.473 e. The van der Waals surface area contributed by atoms with Crippen molar-refractivity contribution >= 4 is 23.0 Å². The van der Waals surface area contributed by atoms with Gasteiger partial charge in [-0.15, -0.1) is 0 Å². The Balaban J connectivity index is 1.90. The van der Waals surface area contributed by atoms with Crippen molar-refractivity contribution in [3.8, 4) is 5.88 Å². The highest BCUT2D eigenvalue weighted by Gasteiger charge is 2.23. The maximum absolute atomic E-state index is 14.1. The molecule has 0 aliphatic carbocycles. The average Bonchev–Trinajstić information content (AvgIpc) is 3.01. The maximum Gasteiger partial charge on any atom is 0.255 e. The van der Waals surface area contributed by atoms with Gasteiger partial charge in [-0.25, -0.2) is 4.39 Å². The molecule has 1 amide bonds. The average molecular weight is 447 g/mol. The lowest BCUT2D eigenvalue weighted by Crippen LogP contribution is -2.47. The quantitative estimate of drug-likeness (QED) is 0.531. The summed E-state index contributed by atoms with van der Waals surface area (Å²) in [5.41, 5.74) is 8.55. The van der Waals surface area contributed by atoms with E-state index in [4.69, 9.17) is 22.1 Å². The minimum atomic E-state index is -0.482. The second kappa shape index (κ2) is 9.24. The fourth-order valence-electron chi connectivity index (χ4n) is 3.59. The van der Waals surface area contributed by atoms with E-state index < -0.39 is 11.4 Å². The molecule has 3 aromatic rings. The fraction of sp³-hybridized carbons (Fsp3) is 0.391. The summed E-state index contributed by atoms with van der Waals surface area (Å²) < 4.78 is 21.5. The number of amides is 1. The first kappa shape index (κ1) is 23.0. The van der Waals surface area contributed by atoms with Crippen LogP contribution in [0.1, 0.15) is 53.9 Å². The number of aromatic nitrogens is 2. The van der Waals surface area contributed by atoms with E-state index in [9.17, 15) is 9.18 Å². The van der Waals surface area contributed by atoms with E-state index in [1.165, 1.54) is 6.07 Å². The number of halogens is 2. The van der Waals surface area contributed by atoms with Gasteiger partial charge in [-0.3, -0.25) is 4.79 Å². The Kier molecular flexibility index (Phi) is 6.86. The van der Waals surface area contributed by atoms with E-state index in [-0.39, 0.29) is 23.1 Å². The normalized spacial score (nSPS) is 13.3. The zero-order valence-electron chi connectivity index (χ0n) is 18.3. The molecule has 0 bridgehead atoms. The van der Waals surface area contributed by atoms with Gasteiger partial charge in [-0.05, 0) is 51.0 Å². The van der Waals surface area contributed by atoms with E-state index in [0.29, 0.717) is 29.2 Å². The largest absolute Gasteiger partial charge is 0.473 e. The third-order valence-corrected chi connectivity index (χ3v) is 5.50. The Labute approximate surface area is 186 Å². The van der Waals surface area contributed by atoms with E-state index in [1.54, 1.807) is 29.6 Å². The van der Waals surface area contributed by atoms with Crippen molar-refractivity contribution in [2.45, 2.75) is 52.7 Å². The number of carbonyl (C=O) groups is 1. The van der Waals surface area contributed by atoms with Crippen molar-refractivity contribution in [3.05, 3.63) is 63.6 Å². The van der Waals surface area contributed by atoms with E-state index in [0.717, 1.165) is 18.4 Å². The number of ether oxygens (including phenoxy) is 1. The van der Waals surface area contributed by atoms with Crippen LogP contribution in [0.25, 0.3) is 5.52 Å². The van der Waals surface area contributed by atoms with Crippen molar-refractivity contribution in [3.63, 3.8) is 0 Å². The summed E-state index contributed by atoms with van der Waals surface area (Å²) in [6, 6.07) is 8.14. The van der Waals surface area contributed by atoms with Crippen LogP contribution >= 0.6 is 11.6 Å². The topological polar surface area (TPSA) is 81.6 Å². The second-order valence-electron chi connectivity index (χ2n) is 8.20. The lowest BCUT2D eigenvalue weighted by molar-refractivity contribution is 0.0944. The SMILES string of the molecule is CCCC(C)(N)CNC(=O)c1c(C)nn2c(OCc3c(F)cccc3Cl)cc(C)cc12. The van der Waals surface area contributed by atoms with Gasteiger partial charge < -0.3 is 15.8 Å². The number of nitrogens with one attached hydrogen (secondary N) is 1. The molecule has 3 N–H and O–H groups in total. The van der Waals surface area contributed by atoms with Crippen molar-refractivity contribution in [1.29, 1.82) is 0 Å². The summed E-state index contributed by atoms with van der Waals surface area (Å²) in [7, 11) is 0. The molecule has 0 radical (unpaired) electrons. The van der Waals surface area contributed by atoms with Gasteiger partial charge in [0, 0.05) is 23.7 Å². The van der Waals surface area contributed by atoms with Crippen molar-refractivity contribution < 1.29 is 13.9 Å². The van der Waals surface area contributed by atoms with Crippen LogP contribution in [0.2, 0.25) is 5.02 Å². The van der Waals surface area contributed by atoms with Crippen LogP contribution in [-0.2, 0) is 6.61 Å². The van der Waals surface area contributed by atoms with E-state index in [1.807, 2.05) is 19.9 Å². The lowest BCUT2D eigenvalue weighted by atomic mass is 9.97. The van der Waals surface area contributed by atoms with Gasteiger partial charge in [-0.2, -0.15) is 9.61 Å². The third kappa shape index (κ3) is 5.17. The summed E-state index contributed by atoms with van der Waals surface area (Å²) >= 11 is 6.10. The molecule has 0 saturated carbocycles. The summed E-state index contributed by atoms with van der Waals surface area (Å²) in [4.78, 5) is 13.0. The number of pyridine rings is 1. The highest BCUT2D eigenvalue weighted by molar-refractivity contribution is 6.31. The second-order valence-corrected chi connectivity index (χ2v) is 8.61. The van der Waals surface area contributed by atoms with Crippen LogP contribution in [0.4, 0.5) is 4.39 Å². The molecule has 0 fully saturated rings. The summed E-state index contributed by atoms with van der Waals surface area (Å²) in [5.74, 6) is -0.287. The van der Waals surface area contributed by atoms with Crippen molar-refractivity contribution in [2.24, 2.45) is 5.73 Å². The molecule has 1 unspecified atom stereocenters. The molecule has 31 heavy (non-hydrogen) atoms. The molecular formula is C23H28ClFN4O2. The Morgan fingerprint density at radius 1 is 1.35 bits per heavy atom. The van der Waals surface area contributed by atoms with E-state index in [2.05, 4.69) is 17.3 Å². The first-order valence-corrected chi connectivity index (χ1v) is 10.6. The van der Waals surface area contributed by atoms with Gasteiger partial charge in [0.2, 0.25) is 5.88 Å². The van der Waals surface area contributed by atoms with Crippen molar-refractivity contribution in [1.82, 2.24) is 14.9 Å². The summed E-state index contributed by atoms with van der Waals surface area (Å²) in [6.45, 7) is 7.93. The zero-order chi connectivity index (χ0) is 22.8. The predicted molar refractivity (Wildman–Crippen MR) is 120 cm³/mol. The molecule has 1 atom stereocenters. The molecule has 0 aliphatic heterocycles. The number of benzene rings is 1. The standard InChI is InChI=1S/C23H28ClFN4O2/c1-5-9-23(4,26)13-27-22(30)21-15(3)28-29-19(21)10-14(2)11-20(29)31-12-16-17(24)7-6-8-18(16)25/h6-8,10-11H,5,9,12-13,26H2,1-4H3,(H,27,30). The van der Waals surface area contributed by atoms with Crippen LogP contribution < -0.4 is 15.8 Å². The fourth-order valence-corrected chi connectivity index (χ4v) is 3.81. The Hall–Kier alpha value is -2.64. The molecule has 2 heterocycles. The number of fused-ring (bicyclic) bond motifs is 1. The molecule has 0 aliphatic rings. The molecule has 8 heteroatoms. The Morgan fingerprint density at radius 3 is 2.77 bits per heavy atom. The number of carbonyl (C=O) groups excluding carboxylic acids is 1. The molecule has 1 aromatic carbocycles. The van der Waals surface area contributed by atoms with Crippen LogP contribution in [0, 0.1) is 19.7 Å². The minimum absolute atomic E-state index is 0.0625. The number of aryl methyl sites for hydroxylation is 2. The smallest absolute Gasteiger partial charge is 0.255 e.